The molecule has 20 heavy (non-hydrogen) atoms. The van der Waals surface area contributed by atoms with Crippen LogP contribution in [0.25, 0.3) is 10.9 Å². The molecule has 0 aliphatic carbocycles. The average molecular weight is 285 g/mol. The number of benzene rings is 1. The van der Waals surface area contributed by atoms with Gasteiger partial charge in [0.1, 0.15) is 5.75 Å². The Labute approximate surface area is 111 Å². The third-order valence-corrected chi connectivity index (χ3v) is 2.70. The minimum atomic E-state index is -4.48. The standard InChI is InChI=1S/C13H10F3NO3/c1-20-11-5-8(6-12(18)19)17-10-4-7(13(14,15)16)2-3-9(10)11/h2-5H,6H2,1H3,(H,18,19). The number of fused-ring (bicyclic) bond motifs is 1. The van der Waals surface area contributed by atoms with E-state index in [1.54, 1.807) is 0 Å². The number of hydrogen-bond donors (Lipinski definition) is 1. The fourth-order valence-corrected chi connectivity index (χ4v) is 1.84. The number of rotatable bonds is 3. The number of methoxy groups -OCH3 is 1. The Kier molecular flexibility index (Phi) is 3.52. The van der Waals surface area contributed by atoms with E-state index in [1.165, 1.54) is 19.2 Å². The SMILES string of the molecule is COc1cc(CC(=O)O)nc2cc(C(F)(F)F)ccc12. The normalized spacial score (nSPS) is 11.6. The number of aliphatic carboxylic acids is 1. The van der Waals surface area contributed by atoms with Crippen LogP contribution >= 0.6 is 0 Å². The molecule has 2 aromatic rings. The molecule has 0 saturated heterocycles. The van der Waals surface area contributed by atoms with Crippen molar-refractivity contribution in [2.45, 2.75) is 12.6 Å². The summed E-state index contributed by atoms with van der Waals surface area (Å²) in [5.74, 6) is -0.828. The van der Waals surface area contributed by atoms with Crippen LogP contribution in [-0.2, 0) is 17.4 Å². The number of carbonyl (C=O) groups is 1. The van der Waals surface area contributed by atoms with Gasteiger partial charge in [0.15, 0.2) is 0 Å². The minimum Gasteiger partial charge on any atom is -0.496 e. The number of ether oxygens (including phenoxy) is 1. The monoisotopic (exact) mass is 285 g/mol. The second-order valence-electron chi connectivity index (χ2n) is 4.12. The summed E-state index contributed by atoms with van der Waals surface area (Å²) in [7, 11) is 1.36. The molecular weight excluding hydrogens is 275 g/mol. The summed E-state index contributed by atoms with van der Waals surface area (Å²) in [4.78, 5) is 14.6. The van der Waals surface area contributed by atoms with Gasteiger partial charge in [-0.15, -0.1) is 0 Å². The van der Waals surface area contributed by atoms with Crippen molar-refractivity contribution in [2.24, 2.45) is 0 Å². The third-order valence-electron chi connectivity index (χ3n) is 2.70. The molecule has 0 radical (unpaired) electrons. The zero-order chi connectivity index (χ0) is 14.9. The number of nitrogens with zero attached hydrogens (tertiary/aromatic N) is 1. The summed E-state index contributed by atoms with van der Waals surface area (Å²) < 4.78 is 43.0. The first-order chi connectivity index (χ1) is 9.31. The summed E-state index contributed by atoms with van der Waals surface area (Å²) in [6.45, 7) is 0. The highest BCUT2D eigenvalue weighted by Crippen LogP contribution is 2.33. The van der Waals surface area contributed by atoms with Gasteiger partial charge in [-0.3, -0.25) is 9.78 Å². The van der Waals surface area contributed by atoms with Gasteiger partial charge < -0.3 is 9.84 Å². The van der Waals surface area contributed by atoms with E-state index in [4.69, 9.17) is 9.84 Å². The summed E-state index contributed by atoms with van der Waals surface area (Å²) in [5, 5.41) is 9.12. The van der Waals surface area contributed by atoms with Gasteiger partial charge in [0.05, 0.1) is 30.3 Å². The summed E-state index contributed by atoms with van der Waals surface area (Å²) in [5.41, 5.74) is -0.649. The van der Waals surface area contributed by atoms with E-state index in [1.807, 2.05) is 0 Å². The van der Waals surface area contributed by atoms with E-state index in [0.29, 0.717) is 11.1 Å². The van der Waals surface area contributed by atoms with Crippen LogP contribution in [0.3, 0.4) is 0 Å². The van der Waals surface area contributed by atoms with Gasteiger partial charge in [0.2, 0.25) is 0 Å². The Hall–Kier alpha value is -2.31. The lowest BCUT2D eigenvalue weighted by atomic mass is 10.1. The molecule has 0 aliphatic rings. The largest absolute Gasteiger partial charge is 0.496 e. The molecule has 1 heterocycles. The van der Waals surface area contributed by atoms with Crippen LogP contribution in [0.1, 0.15) is 11.3 Å². The zero-order valence-corrected chi connectivity index (χ0v) is 10.4. The lowest BCUT2D eigenvalue weighted by molar-refractivity contribution is -0.138. The molecule has 2 rings (SSSR count). The number of hydrogen-bond acceptors (Lipinski definition) is 3. The van der Waals surface area contributed by atoms with Crippen molar-refractivity contribution in [3.63, 3.8) is 0 Å². The highest BCUT2D eigenvalue weighted by atomic mass is 19.4. The molecule has 0 saturated carbocycles. The smallest absolute Gasteiger partial charge is 0.416 e. The predicted molar refractivity (Wildman–Crippen MR) is 64.6 cm³/mol. The molecule has 0 bridgehead atoms. The Morgan fingerprint density at radius 3 is 2.60 bits per heavy atom. The Morgan fingerprint density at radius 2 is 2.05 bits per heavy atom. The third kappa shape index (κ3) is 2.81. The summed E-state index contributed by atoms with van der Waals surface area (Å²) in [6.07, 6.45) is -4.87. The predicted octanol–water partition coefficient (Wildman–Crippen LogP) is 2.89. The first-order valence-electron chi connectivity index (χ1n) is 5.58. The van der Waals surface area contributed by atoms with Crippen LogP contribution in [0, 0.1) is 0 Å². The number of aromatic nitrogens is 1. The van der Waals surface area contributed by atoms with Crippen molar-refractivity contribution in [1.82, 2.24) is 4.98 Å². The topological polar surface area (TPSA) is 59.4 Å². The zero-order valence-electron chi connectivity index (χ0n) is 10.4. The van der Waals surface area contributed by atoms with Gasteiger partial charge in [-0.2, -0.15) is 13.2 Å². The van der Waals surface area contributed by atoms with Crippen molar-refractivity contribution in [2.75, 3.05) is 7.11 Å². The van der Waals surface area contributed by atoms with Crippen molar-refractivity contribution in [1.29, 1.82) is 0 Å². The van der Waals surface area contributed by atoms with Gasteiger partial charge in [-0.1, -0.05) is 0 Å². The molecule has 1 aromatic heterocycles. The average Bonchev–Trinajstić information content (AvgIpc) is 2.35. The Morgan fingerprint density at radius 1 is 1.35 bits per heavy atom. The van der Waals surface area contributed by atoms with Crippen LogP contribution in [0.5, 0.6) is 5.75 Å². The van der Waals surface area contributed by atoms with Crippen LogP contribution in [0.4, 0.5) is 13.2 Å². The molecule has 7 heteroatoms. The lowest BCUT2D eigenvalue weighted by Crippen LogP contribution is -2.06. The molecular formula is C13H10F3NO3. The van der Waals surface area contributed by atoms with E-state index in [9.17, 15) is 18.0 Å². The maximum Gasteiger partial charge on any atom is 0.416 e. The fourth-order valence-electron chi connectivity index (χ4n) is 1.84. The molecule has 0 aliphatic heterocycles. The van der Waals surface area contributed by atoms with Crippen LogP contribution < -0.4 is 4.74 Å². The second kappa shape index (κ2) is 4.99. The Bertz CT molecular complexity index is 668. The van der Waals surface area contributed by atoms with E-state index in [2.05, 4.69) is 4.98 Å². The van der Waals surface area contributed by atoms with Crippen molar-refractivity contribution < 1.29 is 27.8 Å². The van der Waals surface area contributed by atoms with Crippen molar-refractivity contribution >= 4 is 16.9 Å². The number of halogens is 3. The van der Waals surface area contributed by atoms with Gasteiger partial charge in [0.25, 0.3) is 0 Å². The van der Waals surface area contributed by atoms with Gasteiger partial charge >= 0.3 is 12.1 Å². The highest BCUT2D eigenvalue weighted by Gasteiger charge is 2.30. The van der Waals surface area contributed by atoms with Gasteiger partial charge in [-0.25, -0.2) is 0 Å². The molecule has 0 atom stereocenters. The van der Waals surface area contributed by atoms with E-state index < -0.39 is 17.7 Å². The van der Waals surface area contributed by atoms with Crippen molar-refractivity contribution in [3.8, 4) is 5.75 Å². The molecule has 0 fully saturated rings. The summed E-state index contributed by atoms with van der Waals surface area (Å²) in [6, 6.07) is 4.48. The quantitative estimate of drug-likeness (QED) is 0.942. The van der Waals surface area contributed by atoms with Gasteiger partial charge in [0, 0.05) is 11.5 Å². The second-order valence-corrected chi connectivity index (χ2v) is 4.12. The molecule has 0 spiro atoms. The molecule has 106 valence electrons. The lowest BCUT2D eigenvalue weighted by Gasteiger charge is -2.11. The summed E-state index contributed by atoms with van der Waals surface area (Å²) >= 11 is 0. The molecule has 1 aromatic carbocycles. The number of pyridine rings is 1. The highest BCUT2D eigenvalue weighted by molar-refractivity contribution is 5.86. The Balaban J connectivity index is 2.63. The molecule has 1 N–H and O–H groups in total. The minimum absolute atomic E-state index is 0.0513. The number of carboxylic acid groups (broad SMARTS) is 1. The van der Waals surface area contributed by atoms with E-state index in [-0.39, 0.29) is 17.6 Å². The number of carboxylic acids is 1. The van der Waals surface area contributed by atoms with Crippen molar-refractivity contribution in [3.05, 3.63) is 35.5 Å². The maximum absolute atomic E-state index is 12.7. The van der Waals surface area contributed by atoms with Crippen LogP contribution in [-0.4, -0.2) is 23.2 Å². The molecule has 0 amide bonds. The first kappa shape index (κ1) is 14.1. The fraction of sp³-hybridized carbons (Fsp3) is 0.231. The van der Waals surface area contributed by atoms with Crippen LogP contribution in [0.15, 0.2) is 24.3 Å². The van der Waals surface area contributed by atoms with E-state index >= 15 is 0 Å². The van der Waals surface area contributed by atoms with Crippen LogP contribution in [0.2, 0.25) is 0 Å². The first-order valence-corrected chi connectivity index (χ1v) is 5.58. The van der Waals surface area contributed by atoms with Gasteiger partial charge in [-0.05, 0) is 18.2 Å². The molecule has 0 unspecified atom stereocenters. The van der Waals surface area contributed by atoms with E-state index in [0.717, 1.165) is 12.1 Å². The number of alkyl halides is 3. The maximum atomic E-state index is 12.7. The molecule has 4 nitrogen and oxygen atoms in total.